The fourth-order valence-electron chi connectivity index (χ4n) is 1.77. The van der Waals surface area contributed by atoms with Crippen LogP contribution in [0.25, 0.3) is 11.3 Å². The molecule has 2 aromatic rings. The summed E-state index contributed by atoms with van der Waals surface area (Å²) in [5, 5.41) is 11.4. The molecule has 0 aliphatic carbocycles. The van der Waals surface area contributed by atoms with Gasteiger partial charge in [-0.05, 0) is 7.05 Å². The zero-order valence-electron chi connectivity index (χ0n) is 10.9. The Balaban J connectivity index is 2.20. The minimum atomic E-state index is -1.06. The van der Waals surface area contributed by atoms with Gasteiger partial charge in [-0.3, -0.25) is 9.59 Å². The number of Topliss-reactive ketones (excluding diaryl/α,β-unsaturated/α-hetero) is 1. The predicted molar refractivity (Wildman–Crippen MR) is 71.4 cm³/mol. The van der Waals surface area contributed by atoms with E-state index in [1.165, 1.54) is 13.2 Å². The molecule has 0 spiro atoms. The Hall–Kier alpha value is -2.47. The summed E-state index contributed by atoms with van der Waals surface area (Å²) >= 11 is 0. The smallest absolute Gasteiger partial charge is 0.305 e. The largest absolute Gasteiger partial charge is 0.481 e. The average molecular weight is 274 g/mol. The molecule has 0 aliphatic heterocycles. The van der Waals surface area contributed by atoms with Crippen molar-refractivity contribution in [3.05, 3.63) is 42.4 Å². The maximum absolute atomic E-state index is 12.1. The number of carboxylic acid groups (broad SMARTS) is 1. The highest BCUT2D eigenvalue weighted by molar-refractivity contribution is 5.98. The summed E-state index contributed by atoms with van der Waals surface area (Å²) < 4.78 is 5.40. The molecule has 0 amide bonds. The molecular formula is C14H14N2O4. The van der Waals surface area contributed by atoms with Gasteiger partial charge in [-0.1, -0.05) is 30.3 Å². The molecule has 0 radical (unpaired) electrons. The third-order valence-corrected chi connectivity index (χ3v) is 2.82. The monoisotopic (exact) mass is 274 g/mol. The number of carbonyl (C=O) groups is 2. The molecule has 20 heavy (non-hydrogen) atoms. The van der Waals surface area contributed by atoms with Crippen LogP contribution in [0, 0.1) is 0 Å². The number of aliphatic carboxylic acids is 1. The molecule has 6 heteroatoms. The zero-order chi connectivity index (χ0) is 14.5. The first-order valence-electron chi connectivity index (χ1n) is 6.06. The van der Waals surface area contributed by atoms with E-state index < -0.39 is 17.8 Å². The number of oxazole rings is 1. The van der Waals surface area contributed by atoms with Crippen molar-refractivity contribution in [3.8, 4) is 11.3 Å². The molecular weight excluding hydrogens is 260 g/mol. The number of rotatable bonds is 6. The van der Waals surface area contributed by atoms with Gasteiger partial charge in [0.1, 0.15) is 0 Å². The molecule has 6 nitrogen and oxygen atoms in total. The van der Waals surface area contributed by atoms with Crippen molar-refractivity contribution >= 4 is 11.8 Å². The first kappa shape index (κ1) is 14.0. The lowest BCUT2D eigenvalue weighted by Crippen LogP contribution is -2.36. The van der Waals surface area contributed by atoms with Gasteiger partial charge in [0.2, 0.25) is 5.78 Å². The summed E-state index contributed by atoms with van der Waals surface area (Å²) in [4.78, 5) is 26.7. The number of likely N-dealkylation sites (N-methyl/N-ethyl adjacent to an activating group) is 1. The molecule has 0 saturated carbocycles. The molecule has 0 fully saturated rings. The first-order valence-corrected chi connectivity index (χ1v) is 6.06. The molecule has 0 bridgehead atoms. The van der Waals surface area contributed by atoms with Crippen molar-refractivity contribution in [3.63, 3.8) is 0 Å². The summed E-state index contributed by atoms with van der Waals surface area (Å²) in [6.45, 7) is 0. The SMILES string of the molecule is CN[C@@H](CC(=O)O)C(=O)c1ncc(-c2ccccc2)o1. The molecule has 0 aliphatic rings. The van der Waals surface area contributed by atoms with Gasteiger partial charge in [-0.15, -0.1) is 0 Å². The van der Waals surface area contributed by atoms with Crippen LogP contribution in [0.5, 0.6) is 0 Å². The molecule has 1 heterocycles. The number of hydrogen-bond donors (Lipinski definition) is 2. The van der Waals surface area contributed by atoms with Gasteiger partial charge in [0.05, 0.1) is 18.7 Å². The van der Waals surface area contributed by atoms with Crippen LogP contribution < -0.4 is 5.32 Å². The van der Waals surface area contributed by atoms with E-state index in [1.807, 2.05) is 30.3 Å². The van der Waals surface area contributed by atoms with E-state index in [4.69, 9.17) is 9.52 Å². The quantitative estimate of drug-likeness (QED) is 0.777. The van der Waals surface area contributed by atoms with Crippen LogP contribution in [-0.2, 0) is 4.79 Å². The average Bonchev–Trinajstić information content (AvgIpc) is 2.94. The summed E-state index contributed by atoms with van der Waals surface area (Å²) in [6, 6.07) is 8.38. The lowest BCUT2D eigenvalue weighted by molar-refractivity contribution is -0.137. The maximum atomic E-state index is 12.1. The van der Waals surface area contributed by atoms with Gasteiger partial charge >= 0.3 is 5.97 Å². The van der Waals surface area contributed by atoms with Crippen LogP contribution in [0.2, 0.25) is 0 Å². The van der Waals surface area contributed by atoms with Crippen molar-refractivity contribution in [2.45, 2.75) is 12.5 Å². The lowest BCUT2D eigenvalue weighted by atomic mass is 10.1. The second kappa shape index (κ2) is 6.12. The molecule has 1 atom stereocenters. The van der Waals surface area contributed by atoms with Crippen molar-refractivity contribution in [2.24, 2.45) is 0 Å². The summed E-state index contributed by atoms with van der Waals surface area (Å²) in [7, 11) is 1.52. The van der Waals surface area contributed by atoms with E-state index in [2.05, 4.69) is 10.3 Å². The fraction of sp³-hybridized carbons (Fsp3) is 0.214. The zero-order valence-corrected chi connectivity index (χ0v) is 10.9. The van der Waals surface area contributed by atoms with Crippen molar-refractivity contribution < 1.29 is 19.1 Å². The second-order valence-electron chi connectivity index (χ2n) is 4.20. The first-order chi connectivity index (χ1) is 9.61. The second-order valence-corrected chi connectivity index (χ2v) is 4.20. The number of carbonyl (C=O) groups excluding carboxylic acids is 1. The highest BCUT2D eigenvalue weighted by atomic mass is 16.4. The van der Waals surface area contributed by atoms with Crippen LogP contribution in [0.3, 0.4) is 0 Å². The van der Waals surface area contributed by atoms with Crippen LogP contribution in [0.1, 0.15) is 17.1 Å². The summed E-state index contributed by atoms with van der Waals surface area (Å²) in [6.07, 6.45) is 1.13. The Kier molecular flexibility index (Phi) is 4.27. The fourth-order valence-corrected chi connectivity index (χ4v) is 1.77. The summed E-state index contributed by atoms with van der Waals surface area (Å²) in [5.74, 6) is -1.16. The van der Waals surface area contributed by atoms with E-state index >= 15 is 0 Å². The van der Waals surface area contributed by atoms with Crippen molar-refractivity contribution in [2.75, 3.05) is 7.05 Å². The highest BCUT2D eigenvalue weighted by Gasteiger charge is 2.25. The van der Waals surface area contributed by atoms with Crippen LogP contribution in [-0.4, -0.2) is 34.9 Å². The van der Waals surface area contributed by atoms with Crippen molar-refractivity contribution in [1.29, 1.82) is 0 Å². The summed E-state index contributed by atoms with van der Waals surface area (Å²) in [5.41, 5.74) is 0.804. The number of aromatic nitrogens is 1. The minimum absolute atomic E-state index is 0.0931. The number of carboxylic acids is 1. The van der Waals surface area contributed by atoms with Gasteiger partial charge in [0.15, 0.2) is 5.76 Å². The Morgan fingerprint density at radius 1 is 1.35 bits per heavy atom. The lowest BCUT2D eigenvalue weighted by Gasteiger charge is -2.09. The molecule has 104 valence electrons. The highest BCUT2D eigenvalue weighted by Crippen LogP contribution is 2.20. The van der Waals surface area contributed by atoms with E-state index in [0.29, 0.717) is 5.76 Å². The number of nitrogens with one attached hydrogen (secondary N) is 1. The van der Waals surface area contributed by atoms with Crippen LogP contribution in [0.15, 0.2) is 40.9 Å². The van der Waals surface area contributed by atoms with Gasteiger partial charge in [0, 0.05) is 5.56 Å². The number of ketones is 1. The number of nitrogens with zero attached hydrogens (tertiary/aromatic N) is 1. The Bertz CT molecular complexity index is 607. The number of benzene rings is 1. The number of hydrogen-bond acceptors (Lipinski definition) is 5. The maximum Gasteiger partial charge on any atom is 0.305 e. The van der Waals surface area contributed by atoms with Gasteiger partial charge in [-0.2, -0.15) is 0 Å². The van der Waals surface area contributed by atoms with Crippen LogP contribution in [0.4, 0.5) is 0 Å². The Morgan fingerprint density at radius 2 is 2.05 bits per heavy atom. The van der Waals surface area contributed by atoms with Crippen LogP contribution >= 0.6 is 0 Å². The Labute approximate surface area is 115 Å². The van der Waals surface area contributed by atoms with Gasteiger partial charge in [0.25, 0.3) is 5.89 Å². The van der Waals surface area contributed by atoms with E-state index in [1.54, 1.807) is 0 Å². The predicted octanol–water partition coefficient (Wildman–Crippen LogP) is 1.59. The van der Waals surface area contributed by atoms with E-state index in [-0.39, 0.29) is 12.3 Å². The topological polar surface area (TPSA) is 92.4 Å². The van der Waals surface area contributed by atoms with E-state index in [9.17, 15) is 9.59 Å². The standard InChI is InChI=1S/C14H14N2O4/c1-15-10(7-12(17)18)13(19)14-16-8-11(20-14)9-5-3-2-4-6-9/h2-6,8,10,15H,7H2,1H3,(H,17,18)/t10-/m0/s1. The molecule has 0 unspecified atom stereocenters. The third-order valence-electron chi connectivity index (χ3n) is 2.82. The van der Waals surface area contributed by atoms with Gasteiger partial charge < -0.3 is 14.8 Å². The minimum Gasteiger partial charge on any atom is -0.481 e. The molecule has 1 aromatic carbocycles. The third kappa shape index (κ3) is 3.10. The molecule has 2 rings (SSSR count). The molecule has 2 N–H and O–H groups in total. The van der Waals surface area contributed by atoms with E-state index in [0.717, 1.165) is 5.56 Å². The normalized spacial score (nSPS) is 12.1. The van der Waals surface area contributed by atoms with Crippen molar-refractivity contribution in [1.82, 2.24) is 10.3 Å². The Morgan fingerprint density at radius 3 is 2.65 bits per heavy atom. The molecule has 1 aromatic heterocycles. The van der Waals surface area contributed by atoms with Gasteiger partial charge in [-0.25, -0.2) is 4.98 Å². The molecule has 0 saturated heterocycles.